The van der Waals surface area contributed by atoms with Gasteiger partial charge in [-0.25, -0.2) is 0 Å². The first-order chi connectivity index (χ1) is 9.39. The molecule has 20 heavy (non-hydrogen) atoms. The summed E-state index contributed by atoms with van der Waals surface area (Å²) in [6.07, 6.45) is 3.59. The van der Waals surface area contributed by atoms with Gasteiger partial charge in [-0.05, 0) is 19.5 Å². The van der Waals surface area contributed by atoms with Crippen LogP contribution in [0.1, 0.15) is 19.8 Å². The Labute approximate surface area is 127 Å². The summed E-state index contributed by atoms with van der Waals surface area (Å²) in [5, 5.41) is 0. The highest BCUT2D eigenvalue weighted by Gasteiger charge is 2.39. The van der Waals surface area contributed by atoms with E-state index in [9.17, 15) is 0 Å². The molecule has 0 saturated carbocycles. The third kappa shape index (κ3) is 5.95. The second-order valence-corrected chi connectivity index (χ2v) is 13.2. The van der Waals surface area contributed by atoms with Crippen LogP contribution in [0.2, 0.25) is 26.2 Å². The molecule has 0 bridgehead atoms. The van der Waals surface area contributed by atoms with E-state index in [1.165, 1.54) is 6.42 Å². The molecule has 2 atom stereocenters. The molecule has 0 amide bonds. The van der Waals surface area contributed by atoms with E-state index >= 15 is 0 Å². The quantitative estimate of drug-likeness (QED) is 0.508. The molecule has 0 spiro atoms. The number of rotatable bonds is 8. The predicted molar refractivity (Wildman–Crippen MR) is 87.9 cm³/mol. The van der Waals surface area contributed by atoms with Crippen molar-refractivity contribution in [3.8, 4) is 0 Å². The largest absolute Gasteiger partial charge is 0.410 e. The molecule has 119 valence electrons. The molecule has 1 saturated heterocycles. The lowest BCUT2D eigenvalue weighted by molar-refractivity contribution is -0.0385. The highest BCUT2D eigenvalue weighted by Crippen LogP contribution is 2.21. The minimum absolute atomic E-state index is 0.210. The molecule has 0 aromatic carbocycles. The van der Waals surface area contributed by atoms with Crippen molar-refractivity contribution in [1.29, 1.82) is 0 Å². The molecule has 6 heteroatoms. The van der Waals surface area contributed by atoms with E-state index < -0.39 is 17.1 Å². The summed E-state index contributed by atoms with van der Waals surface area (Å²) in [6, 6.07) is 0. The summed E-state index contributed by atoms with van der Waals surface area (Å²) in [6.45, 7) is 13.9. The van der Waals surface area contributed by atoms with Crippen molar-refractivity contribution >= 4 is 17.1 Å². The second kappa shape index (κ2) is 8.65. The summed E-state index contributed by atoms with van der Waals surface area (Å²) in [5.74, 6) is 0.286. The number of nitrogens with zero attached hydrogens (tertiary/aromatic N) is 1. The fraction of sp³-hybridized carbons (Fsp3) is 1.00. The van der Waals surface area contributed by atoms with Gasteiger partial charge in [-0.2, -0.15) is 0 Å². The molecule has 1 radical (unpaired) electrons. The Balaban J connectivity index is 2.55. The van der Waals surface area contributed by atoms with Gasteiger partial charge >= 0.3 is 0 Å². The van der Waals surface area contributed by atoms with Crippen molar-refractivity contribution in [2.45, 2.75) is 57.9 Å². The van der Waals surface area contributed by atoms with Crippen LogP contribution in [0.25, 0.3) is 0 Å². The van der Waals surface area contributed by atoms with E-state index in [1.54, 1.807) is 0 Å². The monoisotopic (exact) mass is 318 g/mol. The molecule has 0 aromatic rings. The average Bonchev–Trinajstić information content (AvgIpc) is 2.33. The Morgan fingerprint density at radius 1 is 1.40 bits per heavy atom. The van der Waals surface area contributed by atoms with Crippen molar-refractivity contribution in [2.75, 3.05) is 33.0 Å². The van der Waals surface area contributed by atoms with E-state index in [0.29, 0.717) is 0 Å². The fourth-order valence-corrected chi connectivity index (χ4v) is 6.79. The van der Waals surface area contributed by atoms with Crippen LogP contribution in [-0.4, -0.2) is 67.0 Å². The van der Waals surface area contributed by atoms with Crippen LogP contribution in [0.15, 0.2) is 0 Å². The van der Waals surface area contributed by atoms with Gasteiger partial charge in [0.25, 0.3) is 0 Å². The first-order valence-electron chi connectivity index (χ1n) is 7.72. The van der Waals surface area contributed by atoms with Gasteiger partial charge in [-0.15, -0.1) is 0 Å². The lowest BCUT2D eigenvalue weighted by Crippen LogP contribution is -2.62. The Morgan fingerprint density at radius 2 is 2.10 bits per heavy atom. The summed E-state index contributed by atoms with van der Waals surface area (Å²) in [7, 11) is -0.290. The van der Waals surface area contributed by atoms with Gasteiger partial charge in [0.1, 0.15) is 0 Å². The van der Waals surface area contributed by atoms with Gasteiger partial charge in [-0.1, -0.05) is 26.4 Å². The SMILES string of the molecule is CCCCOCC1CN(C(OC)[Si](C)C)C[Si](C)(C)O1. The molecule has 1 heterocycles. The molecule has 0 aromatic heterocycles. The highest BCUT2D eigenvalue weighted by atomic mass is 28.4. The number of hydrogen-bond donors (Lipinski definition) is 0. The van der Waals surface area contributed by atoms with Crippen LogP contribution in [0, 0.1) is 0 Å². The Hall–Kier alpha value is 0.274. The van der Waals surface area contributed by atoms with E-state index in [2.05, 4.69) is 38.0 Å². The van der Waals surface area contributed by atoms with Gasteiger partial charge in [0.15, 0.2) is 0 Å². The molecule has 1 aliphatic rings. The molecular weight excluding hydrogens is 286 g/mol. The van der Waals surface area contributed by atoms with Crippen LogP contribution in [0.4, 0.5) is 0 Å². The molecule has 0 aliphatic carbocycles. The van der Waals surface area contributed by atoms with E-state index in [4.69, 9.17) is 13.9 Å². The molecule has 0 N–H and O–H groups in total. The normalized spacial score (nSPS) is 25.1. The van der Waals surface area contributed by atoms with Gasteiger partial charge in [0, 0.05) is 26.4 Å². The summed E-state index contributed by atoms with van der Waals surface area (Å²) >= 11 is 0. The summed E-state index contributed by atoms with van der Waals surface area (Å²) < 4.78 is 17.8. The number of hydrogen-bond acceptors (Lipinski definition) is 4. The maximum atomic E-state index is 6.29. The maximum Gasteiger partial charge on any atom is 0.201 e. The number of ether oxygens (including phenoxy) is 2. The van der Waals surface area contributed by atoms with Crippen molar-refractivity contribution in [1.82, 2.24) is 4.90 Å². The van der Waals surface area contributed by atoms with Crippen LogP contribution < -0.4 is 0 Å². The Morgan fingerprint density at radius 3 is 2.65 bits per heavy atom. The average molecular weight is 319 g/mol. The lowest BCUT2D eigenvalue weighted by atomic mass is 10.3. The third-order valence-corrected chi connectivity index (χ3v) is 7.23. The van der Waals surface area contributed by atoms with Crippen molar-refractivity contribution in [3.05, 3.63) is 0 Å². The zero-order valence-electron chi connectivity index (χ0n) is 14.1. The van der Waals surface area contributed by atoms with Crippen LogP contribution in [0.3, 0.4) is 0 Å². The van der Waals surface area contributed by atoms with Crippen LogP contribution in [-0.2, 0) is 13.9 Å². The molecule has 1 rings (SSSR count). The zero-order valence-corrected chi connectivity index (χ0v) is 16.1. The Bertz CT molecular complexity index is 277. The van der Waals surface area contributed by atoms with Crippen molar-refractivity contribution in [3.63, 3.8) is 0 Å². The van der Waals surface area contributed by atoms with Crippen LogP contribution in [0.5, 0.6) is 0 Å². The summed E-state index contributed by atoms with van der Waals surface area (Å²) in [4.78, 5) is 2.50. The molecule has 1 aliphatic heterocycles. The Kier molecular flexibility index (Phi) is 7.93. The molecule has 4 nitrogen and oxygen atoms in total. The molecular formula is C14H32NO3Si2. The fourth-order valence-electron chi connectivity index (χ4n) is 2.82. The maximum absolute atomic E-state index is 6.29. The standard InChI is InChI=1S/C14H32NO3Si2/c1-7-8-9-17-11-13-10-15(12-20(5,6)18-13)14(16-2)19(3)4/h13-14H,7-12H2,1-6H3. The van der Waals surface area contributed by atoms with Gasteiger partial charge in [0.2, 0.25) is 8.32 Å². The van der Waals surface area contributed by atoms with Crippen molar-refractivity contribution < 1.29 is 13.9 Å². The van der Waals surface area contributed by atoms with Crippen LogP contribution >= 0.6 is 0 Å². The lowest BCUT2D eigenvalue weighted by Gasteiger charge is -2.45. The zero-order chi connectivity index (χ0) is 15.2. The van der Waals surface area contributed by atoms with Gasteiger partial charge in [0.05, 0.1) is 27.4 Å². The first kappa shape index (κ1) is 18.3. The minimum atomic E-state index is -1.63. The van der Waals surface area contributed by atoms with Gasteiger partial charge < -0.3 is 13.9 Å². The topological polar surface area (TPSA) is 30.9 Å². The smallest absolute Gasteiger partial charge is 0.201 e. The minimum Gasteiger partial charge on any atom is -0.410 e. The summed E-state index contributed by atoms with van der Waals surface area (Å²) in [5.41, 5.74) is 0. The molecule has 1 fully saturated rings. The first-order valence-corrected chi connectivity index (χ1v) is 13.4. The van der Waals surface area contributed by atoms with E-state index in [-0.39, 0.29) is 12.0 Å². The van der Waals surface area contributed by atoms with Gasteiger partial charge in [-0.3, -0.25) is 4.90 Å². The third-order valence-electron chi connectivity index (χ3n) is 3.50. The number of methoxy groups -OCH3 is 1. The molecule has 2 unspecified atom stereocenters. The second-order valence-electron chi connectivity index (χ2n) is 6.52. The predicted octanol–water partition coefficient (Wildman–Crippen LogP) is 2.51. The van der Waals surface area contributed by atoms with E-state index in [0.717, 1.165) is 32.3 Å². The van der Waals surface area contributed by atoms with Crippen molar-refractivity contribution in [2.24, 2.45) is 0 Å². The van der Waals surface area contributed by atoms with E-state index in [1.807, 2.05) is 7.11 Å². The number of unbranched alkanes of at least 4 members (excludes halogenated alkanes) is 1. The highest BCUT2D eigenvalue weighted by molar-refractivity contribution is 6.71.